The van der Waals surface area contributed by atoms with E-state index >= 15 is 0 Å². The lowest BCUT2D eigenvalue weighted by Crippen LogP contribution is -1.83. The fraction of sp³-hybridized carbons (Fsp3) is 0.500. The molecule has 3 heteroatoms. The molecule has 0 saturated heterocycles. The van der Waals surface area contributed by atoms with Crippen molar-refractivity contribution in [1.29, 1.82) is 0 Å². The van der Waals surface area contributed by atoms with E-state index in [-0.39, 0.29) is 0 Å². The van der Waals surface area contributed by atoms with Gasteiger partial charge in [0.15, 0.2) is 0 Å². The van der Waals surface area contributed by atoms with Crippen molar-refractivity contribution in [2.45, 2.75) is 13.8 Å². The van der Waals surface area contributed by atoms with Gasteiger partial charge in [-0.25, -0.2) is 9.98 Å². The number of amidine groups is 1. The molecule has 0 unspecified atom stereocenters. The number of rotatable bonds is 2. The van der Waals surface area contributed by atoms with Gasteiger partial charge in [-0.05, 0) is 20.6 Å². The molecular formula is C6H11N3. The first-order valence-corrected chi connectivity index (χ1v) is 2.80. The highest BCUT2D eigenvalue weighted by molar-refractivity contribution is 5.89. The van der Waals surface area contributed by atoms with Gasteiger partial charge in [-0.3, -0.25) is 4.99 Å². The van der Waals surface area contributed by atoms with Crippen LogP contribution in [-0.2, 0) is 0 Å². The Morgan fingerprint density at radius 3 is 2.78 bits per heavy atom. The quantitative estimate of drug-likeness (QED) is 0.392. The average molecular weight is 125 g/mol. The molecule has 0 heterocycles. The first-order valence-electron chi connectivity index (χ1n) is 2.80. The van der Waals surface area contributed by atoms with Crippen LogP contribution in [0.4, 0.5) is 0 Å². The van der Waals surface area contributed by atoms with Crippen LogP contribution < -0.4 is 0 Å². The smallest absolute Gasteiger partial charge is 0.126 e. The molecule has 0 atom stereocenters. The minimum absolute atomic E-state index is 0.646. The van der Waals surface area contributed by atoms with Gasteiger partial charge in [0, 0.05) is 6.54 Å². The molecule has 50 valence electrons. The summed E-state index contributed by atoms with van der Waals surface area (Å²) in [7, 11) is 0. The van der Waals surface area contributed by atoms with Crippen molar-refractivity contribution in [2.75, 3.05) is 6.54 Å². The molecule has 0 aromatic heterocycles. The maximum atomic E-state index is 3.86. The third kappa shape index (κ3) is 4.87. The zero-order valence-corrected chi connectivity index (χ0v) is 5.83. The summed E-state index contributed by atoms with van der Waals surface area (Å²) in [6.45, 7) is 7.77. The third-order valence-corrected chi connectivity index (χ3v) is 0.738. The molecule has 0 radical (unpaired) electrons. The molecule has 0 N–H and O–H groups in total. The van der Waals surface area contributed by atoms with Crippen LogP contribution in [0, 0.1) is 0 Å². The summed E-state index contributed by atoms with van der Waals surface area (Å²) in [5, 5.41) is 0. The topological polar surface area (TPSA) is 37.1 Å². The van der Waals surface area contributed by atoms with Crippen LogP contribution in [0.1, 0.15) is 13.8 Å². The highest BCUT2D eigenvalue weighted by atomic mass is 14.9. The standard InChI is InChI=1S/C6H11N3/c1-4-8-5-9-6(2)7-3/h5H,3-4H2,1-2H3. The van der Waals surface area contributed by atoms with Crippen molar-refractivity contribution >= 4 is 18.9 Å². The molecule has 0 aliphatic heterocycles. The molecule has 0 rings (SSSR count). The number of nitrogens with zero attached hydrogens (tertiary/aromatic N) is 3. The SMILES string of the molecule is C=NC(C)=NC=NCC. The minimum atomic E-state index is 0.646. The van der Waals surface area contributed by atoms with E-state index in [1.54, 1.807) is 6.92 Å². The second-order valence-corrected chi connectivity index (χ2v) is 1.45. The average Bonchev–Trinajstić information content (AvgIpc) is 1.89. The molecule has 9 heavy (non-hydrogen) atoms. The Morgan fingerprint density at radius 1 is 1.67 bits per heavy atom. The Balaban J connectivity index is 3.68. The lowest BCUT2D eigenvalue weighted by Gasteiger charge is -1.82. The fourth-order valence-electron chi connectivity index (χ4n) is 0.247. The molecule has 0 bridgehead atoms. The summed E-state index contributed by atoms with van der Waals surface area (Å²) in [5.74, 6) is 0.646. The van der Waals surface area contributed by atoms with Crippen molar-refractivity contribution < 1.29 is 0 Å². The van der Waals surface area contributed by atoms with E-state index in [4.69, 9.17) is 0 Å². The molecule has 0 amide bonds. The van der Waals surface area contributed by atoms with Gasteiger partial charge in [-0.1, -0.05) is 0 Å². The second-order valence-electron chi connectivity index (χ2n) is 1.45. The Hall–Kier alpha value is -0.990. The van der Waals surface area contributed by atoms with Gasteiger partial charge in [-0.15, -0.1) is 0 Å². The van der Waals surface area contributed by atoms with E-state index in [9.17, 15) is 0 Å². The summed E-state index contributed by atoms with van der Waals surface area (Å²) in [6.07, 6.45) is 1.49. The minimum Gasteiger partial charge on any atom is -0.274 e. The molecule has 0 saturated carbocycles. The zero-order chi connectivity index (χ0) is 7.11. The summed E-state index contributed by atoms with van der Waals surface area (Å²) in [5.41, 5.74) is 0. The summed E-state index contributed by atoms with van der Waals surface area (Å²) in [6, 6.07) is 0. The van der Waals surface area contributed by atoms with E-state index < -0.39 is 0 Å². The second kappa shape index (κ2) is 5.15. The van der Waals surface area contributed by atoms with Crippen molar-refractivity contribution in [2.24, 2.45) is 15.0 Å². The van der Waals surface area contributed by atoms with E-state index in [2.05, 4.69) is 21.7 Å². The third-order valence-electron chi connectivity index (χ3n) is 0.738. The highest BCUT2D eigenvalue weighted by Crippen LogP contribution is 1.74. The molecular weight excluding hydrogens is 114 g/mol. The molecule has 3 nitrogen and oxygen atoms in total. The van der Waals surface area contributed by atoms with Crippen LogP contribution in [0.25, 0.3) is 0 Å². The number of hydrogen-bond donors (Lipinski definition) is 0. The Bertz CT molecular complexity index is 135. The van der Waals surface area contributed by atoms with Crippen LogP contribution in [0.3, 0.4) is 0 Å². The number of hydrogen-bond acceptors (Lipinski definition) is 1. The van der Waals surface area contributed by atoms with Crippen LogP contribution in [0.2, 0.25) is 0 Å². The Kier molecular flexibility index (Phi) is 4.59. The lowest BCUT2D eigenvalue weighted by atomic mass is 10.7. The van der Waals surface area contributed by atoms with Gasteiger partial charge in [-0.2, -0.15) is 0 Å². The molecule has 0 aliphatic rings. The van der Waals surface area contributed by atoms with Crippen LogP contribution in [0.15, 0.2) is 15.0 Å². The zero-order valence-electron chi connectivity index (χ0n) is 5.83. The summed E-state index contributed by atoms with van der Waals surface area (Å²) >= 11 is 0. The summed E-state index contributed by atoms with van der Waals surface area (Å²) in [4.78, 5) is 11.3. The van der Waals surface area contributed by atoms with Crippen LogP contribution in [0.5, 0.6) is 0 Å². The first-order chi connectivity index (χ1) is 4.31. The van der Waals surface area contributed by atoms with E-state index in [1.165, 1.54) is 6.34 Å². The molecule has 0 spiro atoms. The molecule has 0 aromatic carbocycles. The van der Waals surface area contributed by atoms with Crippen molar-refractivity contribution in [3.63, 3.8) is 0 Å². The van der Waals surface area contributed by atoms with Crippen molar-refractivity contribution in [3.8, 4) is 0 Å². The Labute approximate surface area is 55.2 Å². The maximum absolute atomic E-state index is 3.86. The Morgan fingerprint density at radius 2 is 2.33 bits per heavy atom. The lowest BCUT2D eigenvalue weighted by molar-refractivity contribution is 1.13. The van der Waals surface area contributed by atoms with Gasteiger partial charge in [0.25, 0.3) is 0 Å². The van der Waals surface area contributed by atoms with Crippen molar-refractivity contribution in [3.05, 3.63) is 0 Å². The fourth-order valence-corrected chi connectivity index (χ4v) is 0.247. The molecule has 0 aliphatic carbocycles. The summed E-state index contributed by atoms with van der Waals surface area (Å²) < 4.78 is 0. The maximum Gasteiger partial charge on any atom is 0.126 e. The van der Waals surface area contributed by atoms with Gasteiger partial charge in [0.05, 0.1) is 0 Å². The van der Waals surface area contributed by atoms with Gasteiger partial charge in [0.2, 0.25) is 0 Å². The highest BCUT2D eigenvalue weighted by Gasteiger charge is 1.74. The predicted molar refractivity (Wildman–Crippen MR) is 41.7 cm³/mol. The van der Waals surface area contributed by atoms with E-state index in [0.29, 0.717) is 5.84 Å². The first kappa shape index (κ1) is 8.01. The van der Waals surface area contributed by atoms with Crippen LogP contribution >= 0.6 is 0 Å². The van der Waals surface area contributed by atoms with E-state index in [0.717, 1.165) is 6.54 Å². The van der Waals surface area contributed by atoms with E-state index in [1.807, 2.05) is 6.92 Å². The molecule has 0 aromatic rings. The molecule has 0 fully saturated rings. The van der Waals surface area contributed by atoms with Crippen LogP contribution in [-0.4, -0.2) is 25.4 Å². The predicted octanol–water partition coefficient (Wildman–Crippen LogP) is 1.15. The largest absolute Gasteiger partial charge is 0.274 e. The van der Waals surface area contributed by atoms with Crippen molar-refractivity contribution in [1.82, 2.24) is 0 Å². The number of aliphatic imine (C=N–C) groups is 3. The van der Waals surface area contributed by atoms with Gasteiger partial charge in [0.1, 0.15) is 12.2 Å². The van der Waals surface area contributed by atoms with Gasteiger partial charge >= 0.3 is 0 Å². The monoisotopic (exact) mass is 125 g/mol. The van der Waals surface area contributed by atoms with Gasteiger partial charge < -0.3 is 0 Å². The normalized spacial score (nSPS) is 12.4.